The van der Waals surface area contributed by atoms with E-state index in [0.29, 0.717) is 5.82 Å². The third kappa shape index (κ3) is 3.45. The summed E-state index contributed by atoms with van der Waals surface area (Å²) in [5.74, 6) is 1.37. The average molecular weight is 424 g/mol. The van der Waals surface area contributed by atoms with Crippen LogP contribution in [0, 0.1) is 6.92 Å². The molecular weight excluding hydrogens is 404 g/mol. The molecule has 0 aliphatic carbocycles. The highest BCUT2D eigenvalue weighted by atomic mass is 32.2. The molecule has 3 aromatic heterocycles. The van der Waals surface area contributed by atoms with Crippen LogP contribution in [0.25, 0.3) is 22.8 Å². The van der Waals surface area contributed by atoms with Gasteiger partial charge in [-0.15, -0.1) is 0 Å². The summed E-state index contributed by atoms with van der Waals surface area (Å²) in [7, 11) is -1.92. The number of aromatic nitrogens is 6. The molecule has 0 amide bonds. The molecule has 0 radical (unpaired) electrons. The van der Waals surface area contributed by atoms with Crippen molar-refractivity contribution in [3.63, 3.8) is 0 Å². The summed E-state index contributed by atoms with van der Waals surface area (Å²) in [6, 6.07) is 10.7. The van der Waals surface area contributed by atoms with Crippen LogP contribution in [0.3, 0.4) is 0 Å². The number of pyridine rings is 1. The molecular formula is C20H20N6O3S. The summed E-state index contributed by atoms with van der Waals surface area (Å²) < 4.78 is 33.7. The van der Waals surface area contributed by atoms with Crippen LogP contribution >= 0.6 is 0 Å². The molecule has 0 bridgehead atoms. The Hall–Kier alpha value is -3.53. The number of benzene rings is 1. The maximum Gasteiger partial charge on any atom is 0.181 e. The molecule has 0 aliphatic rings. The smallest absolute Gasteiger partial charge is 0.181 e. The number of hydrogen-bond donors (Lipinski definition) is 0. The first-order valence-corrected chi connectivity index (χ1v) is 10.9. The molecule has 0 atom stereocenters. The van der Waals surface area contributed by atoms with Crippen LogP contribution in [0.5, 0.6) is 5.75 Å². The topological polar surface area (TPSA) is 105 Å². The van der Waals surface area contributed by atoms with E-state index in [2.05, 4.69) is 20.2 Å². The lowest BCUT2D eigenvalue weighted by atomic mass is 10.1. The number of nitrogens with zero attached hydrogens (tertiary/aromatic N) is 6. The first-order chi connectivity index (χ1) is 14.4. The van der Waals surface area contributed by atoms with E-state index in [4.69, 9.17) is 4.74 Å². The molecule has 154 valence electrons. The highest BCUT2D eigenvalue weighted by Gasteiger charge is 2.23. The largest absolute Gasteiger partial charge is 0.497 e. The fourth-order valence-electron chi connectivity index (χ4n) is 3.11. The quantitative estimate of drug-likeness (QED) is 0.468. The van der Waals surface area contributed by atoms with Crippen molar-refractivity contribution in [2.45, 2.75) is 18.7 Å². The van der Waals surface area contributed by atoms with E-state index in [1.165, 1.54) is 23.4 Å². The molecule has 9 nitrogen and oxygen atoms in total. The summed E-state index contributed by atoms with van der Waals surface area (Å²) >= 11 is 0. The van der Waals surface area contributed by atoms with Crippen LogP contribution in [0.1, 0.15) is 12.6 Å². The van der Waals surface area contributed by atoms with Crippen molar-refractivity contribution >= 4 is 9.84 Å². The van der Waals surface area contributed by atoms with E-state index in [0.717, 1.165) is 22.6 Å². The fourth-order valence-corrected chi connectivity index (χ4v) is 4.10. The second kappa shape index (κ2) is 7.71. The lowest BCUT2D eigenvalue weighted by molar-refractivity contribution is 0.415. The van der Waals surface area contributed by atoms with Gasteiger partial charge in [-0.3, -0.25) is 0 Å². The molecule has 0 saturated heterocycles. The number of methoxy groups -OCH3 is 1. The predicted octanol–water partition coefficient (Wildman–Crippen LogP) is 2.63. The van der Waals surface area contributed by atoms with Gasteiger partial charge in [-0.1, -0.05) is 19.1 Å². The molecule has 0 N–H and O–H groups in total. The SMILES string of the molecule is CCS(=O)(=O)c1ccc(-n2cncn2)nc1-n1ncc(-c2ccc(OC)cc2)c1C. The summed E-state index contributed by atoms with van der Waals surface area (Å²) in [6.45, 7) is 3.47. The number of hydrogen-bond acceptors (Lipinski definition) is 7. The standard InChI is InChI=1S/C20H20N6O3S/c1-4-30(27,28)18-9-10-19(25-13-21-12-23-25)24-20(18)26-14(2)17(11-22-26)15-5-7-16(29-3)8-6-15/h5-13H,4H2,1-3H3. The third-order valence-electron chi connectivity index (χ3n) is 4.80. The second-order valence-electron chi connectivity index (χ2n) is 6.52. The monoisotopic (exact) mass is 424 g/mol. The van der Waals surface area contributed by atoms with Crippen LogP contribution in [0.2, 0.25) is 0 Å². The van der Waals surface area contributed by atoms with Gasteiger partial charge in [0.2, 0.25) is 0 Å². The predicted molar refractivity (Wildman–Crippen MR) is 111 cm³/mol. The van der Waals surface area contributed by atoms with Crippen molar-refractivity contribution in [2.75, 3.05) is 12.9 Å². The van der Waals surface area contributed by atoms with Gasteiger partial charge in [0, 0.05) is 5.56 Å². The van der Waals surface area contributed by atoms with Gasteiger partial charge in [0.1, 0.15) is 23.3 Å². The molecule has 4 aromatic rings. The minimum atomic E-state index is -3.53. The Morgan fingerprint density at radius 1 is 1.07 bits per heavy atom. The first kappa shape index (κ1) is 19.8. The van der Waals surface area contributed by atoms with Crippen LogP contribution in [0.4, 0.5) is 0 Å². The zero-order chi connectivity index (χ0) is 21.3. The van der Waals surface area contributed by atoms with E-state index >= 15 is 0 Å². The molecule has 0 fully saturated rings. The zero-order valence-electron chi connectivity index (χ0n) is 16.7. The molecule has 0 spiro atoms. The highest BCUT2D eigenvalue weighted by molar-refractivity contribution is 7.91. The van der Waals surface area contributed by atoms with Crippen molar-refractivity contribution in [1.29, 1.82) is 0 Å². The van der Waals surface area contributed by atoms with Crippen LogP contribution in [0.15, 0.2) is 60.1 Å². The molecule has 3 heterocycles. The summed E-state index contributed by atoms with van der Waals surface area (Å²) in [5.41, 5.74) is 2.56. The molecule has 1 aromatic carbocycles. The van der Waals surface area contributed by atoms with Crippen molar-refractivity contribution in [1.82, 2.24) is 29.5 Å². The molecule has 0 saturated carbocycles. The van der Waals surface area contributed by atoms with Gasteiger partial charge in [-0.2, -0.15) is 10.2 Å². The maximum atomic E-state index is 12.7. The van der Waals surface area contributed by atoms with Crippen molar-refractivity contribution in [3.8, 4) is 28.5 Å². The molecule has 0 unspecified atom stereocenters. The Kier molecular flexibility index (Phi) is 5.08. The molecule has 10 heteroatoms. The highest BCUT2D eigenvalue weighted by Crippen LogP contribution is 2.29. The fraction of sp³-hybridized carbons (Fsp3) is 0.200. The second-order valence-corrected chi connectivity index (χ2v) is 8.77. The molecule has 4 rings (SSSR count). The van der Waals surface area contributed by atoms with Gasteiger partial charge in [0.25, 0.3) is 0 Å². The Balaban J connectivity index is 1.88. The van der Waals surface area contributed by atoms with Gasteiger partial charge in [0.05, 0.1) is 24.8 Å². The normalized spacial score (nSPS) is 11.6. The van der Waals surface area contributed by atoms with E-state index < -0.39 is 9.84 Å². The lowest BCUT2D eigenvalue weighted by Crippen LogP contribution is -2.14. The maximum absolute atomic E-state index is 12.7. The Labute approximate surface area is 173 Å². The Bertz CT molecular complexity index is 1280. The summed E-state index contributed by atoms with van der Waals surface area (Å²) in [6.07, 6.45) is 4.58. The molecule has 30 heavy (non-hydrogen) atoms. The van der Waals surface area contributed by atoms with Crippen molar-refractivity contribution in [2.24, 2.45) is 0 Å². The Morgan fingerprint density at radius 2 is 1.83 bits per heavy atom. The minimum absolute atomic E-state index is 0.0456. The number of rotatable bonds is 6. The van der Waals surface area contributed by atoms with Crippen molar-refractivity contribution in [3.05, 3.63) is 60.9 Å². The minimum Gasteiger partial charge on any atom is -0.497 e. The van der Waals surface area contributed by atoms with Crippen molar-refractivity contribution < 1.29 is 13.2 Å². The first-order valence-electron chi connectivity index (χ1n) is 9.23. The van der Waals surface area contributed by atoms with Crippen LogP contribution in [-0.4, -0.2) is 50.8 Å². The van der Waals surface area contributed by atoms with Gasteiger partial charge >= 0.3 is 0 Å². The van der Waals surface area contributed by atoms with E-state index in [1.54, 1.807) is 31.0 Å². The van der Waals surface area contributed by atoms with Gasteiger partial charge in [0.15, 0.2) is 21.5 Å². The number of ether oxygens (including phenoxy) is 1. The van der Waals surface area contributed by atoms with Gasteiger partial charge in [-0.25, -0.2) is 27.7 Å². The van der Waals surface area contributed by atoms with Crippen LogP contribution in [-0.2, 0) is 9.84 Å². The average Bonchev–Trinajstić information content (AvgIpc) is 3.43. The van der Waals surface area contributed by atoms with E-state index in [1.807, 2.05) is 31.2 Å². The van der Waals surface area contributed by atoms with Gasteiger partial charge < -0.3 is 4.74 Å². The zero-order valence-corrected chi connectivity index (χ0v) is 17.5. The van der Waals surface area contributed by atoms with Gasteiger partial charge in [-0.05, 0) is 36.8 Å². The van der Waals surface area contributed by atoms with E-state index in [9.17, 15) is 8.42 Å². The lowest BCUT2D eigenvalue weighted by Gasteiger charge is -2.12. The van der Waals surface area contributed by atoms with Crippen LogP contribution < -0.4 is 4.74 Å². The number of sulfone groups is 1. The van der Waals surface area contributed by atoms with E-state index in [-0.39, 0.29) is 16.5 Å². The summed E-state index contributed by atoms with van der Waals surface area (Å²) in [5, 5.41) is 8.53. The molecule has 0 aliphatic heterocycles. The Morgan fingerprint density at radius 3 is 2.47 bits per heavy atom. The summed E-state index contributed by atoms with van der Waals surface area (Å²) in [4.78, 5) is 8.59. The third-order valence-corrected chi connectivity index (χ3v) is 6.55.